The van der Waals surface area contributed by atoms with E-state index in [1.807, 2.05) is 24.3 Å². The summed E-state index contributed by atoms with van der Waals surface area (Å²) < 4.78 is 0. The molecule has 0 radical (unpaired) electrons. The molecular weight excluding hydrogens is 193 g/mol. The van der Waals surface area contributed by atoms with Gasteiger partial charge in [-0.3, -0.25) is 4.98 Å². The van der Waals surface area contributed by atoms with E-state index in [0.29, 0.717) is 10.0 Å². The smallest absolute Gasteiger partial charge is 0.0717 e. The highest BCUT2D eigenvalue weighted by molar-refractivity contribution is 6.32. The highest BCUT2D eigenvalue weighted by Crippen LogP contribution is 2.19. The lowest BCUT2D eigenvalue weighted by Gasteiger charge is -1.96. The minimum Gasteiger partial charge on any atom is -0.255 e. The predicted molar refractivity (Wildman–Crippen MR) is 51.8 cm³/mol. The normalized spacial score (nSPS) is 10.5. The van der Waals surface area contributed by atoms with Gasteiger partial charge in [0.2, 0.25) is 0 Å². The van der Waals surface area contributed by atoms with Gasteiger partial charge in [0.05, 0.1) is 10.5 Å². The van der Waals surface area contributed by atoms with Gasteiger partial charge >= 0.3 is 0 Å². The summed E-state index contributed by atoms with van der Waals surface area (Å²) in [4.78, 5) is 4.13. The van der Waals surface area contributed by atoms with Crippen LogP contribution in [-0.2, 0) is 0 Å². The van der Waals surface area contributed by atoms with Gasteiger partial charge in [-0.15, -0.1) is 0 Å². The Morgan fingerprint density at radius 2 is 1.83 bits per heavy atom. The molecular formula is C9H5Cl2N. The molecule has 60 valence electrons. The van der Waals surface area contributed by atoms with Gasteiger partial charge in [-0.2, -0.15) is 0 Å². The van der Waals surface area contributed by atoms with Crippen molar-refractivity contribution in [1.29, 1.82) is 0 Å². The van der Waals surface area contributed by atoms with E-state index in [4.69, 9.17) is 23.2 Å². The second kappa shape index (κ2) is 2.92. The van der Waals surface area contributed by atoms with Gasteiger partial charge in [0.25, 0.3) is 0 Å². The number of fused-ring (bicyclic) bond motifs is 1. The maximum absolute atomic E-state index is 5.79. The quantitative estimate of drug-likeness (QED) is 0.630. The van der Waals surface area contributed by atoms with Gasteiger partial charge in [-0.05, 0) is 18.2 Å². The molecule has 1 nitrogen and oxygen atoms in total. The number of hydrogen-bond donors (Lipinski definition) is 0. The van der Waals surface area contributed by atoms with Crippen molar-refractivity contribution in [3.05, 3.63) is 40.5 Å². The molecule has 0 aliphatic rings. The Morgan fingerprint density at radius 3 is 2.67 bits per heavy atom. The van der Waals surface area contributed by atoms with Crippen LogP contribution in [0.2, 0.25) is 10.0 Å². The average Bonchev–Trinajstić information content (AvgIpc) is 2.05. The van der Waals surface area contributed by atoms with Crippen LogP contribution in [0, 0.1) is 0 Å². The van der Waals surface area contributed by atoms with E-state index in [1.165, 1.54) is 0 Å². The number of halogens is 2. The van der Waals surface area contributed by atoms with Crippen molar-refractivity contribution in [2.24, 2.45) is 0 Å². The van der Waals surface area contributed by atoms with Crippen LogP contribution >= 0.6 is 23.2 Å². The summed E-state index contributed by atoms with van der Waals surface area (Å²) in [5, 5.41) is 2.34. The average molecular weight is 198 g/mol. The third-order valence-electron chi connectivity index (χ3n) is 1.61. The third kappa shape index (κ3) is 1.38. The van der Waals surface area contributed by atoms with Crippen LogP contribution in [0.15, 0.2) is 30.5 Å². The lowest BCUT2D eigenvalue weighted by molar-refractivity contribution is 1.41. The molecule has 0 spiro atoms. The summed E-state index contributed by atoms with van der Waals surface area (Å²) in [6.45, 7) is 0. The molecule has 2 rings (SSSR count). The van der Waals surface area contributed by atoms with Crippen molar-refractivity contribution < 1.29 is 0 Å². The topological polar surface area (TPSA) is 12.9 Å². The molecule has 0 atom stereocenters. The van der Waals surface area contributed by atoms with E-state index in [1.54, 1.807) is 6.20 Å². The molecule has 0 unspecified atom stereocenters. The lowest BCUT2D eigenvalue weighted by Crippen LogP contribution is -1.77. The highest BCUT2D eigenvalue weighted by Gasteiger charge is 1.96. The number of nitrogens with zero attached hydrogens (tertiary/aromatic N) is 1. The Labute approximate surface area is 79.9 Å². The molecule has 0 N–H and O–H groups in total. The number of hydrogen-bond acceptors (Lipinski definition) is 1. The standard InChI is InChI=1S/C9H5Cl2N/c10-7-2-1-6-3-8(11)5-12-9(6)4-7/h1-5H. The second-order valence-electron chi connectivity index (χ2n) is 2.49. The van der Waals surface area contributed by atoms with Crippen LogP contribution in [0.25, 0.3) is 10.9 Å². The van der Waals surface area contributed by atoms with Crippen LogP contribution in [-0.4, -0.2) is 4.98 Å². The van der Waals surface area contributed by atoms with Crippen molar-refractivity contribution >= 4 is 34.1 Å². The van der Waals surface area contributed by atoms with Crippen LogP contribution in [0.5, 0.6) is 0 Å². The van der Waals surface area contributed by atoms with Gasteiger partial charge in [-0.25, -0.2) is 0 Å². The Kier molecular flexibility index (Phi) is 1.91. The monoisotopic (exact) mass is 197 g/mol. The zero-order valence-corrected chi connectivity index (χ0v) is 7.60. The molecule has 0 aliphatic carbocycles. The molecule has 3 heteroatoms. The van der Waals surface area contributed by atoms with Gasteiger partial charge in [0.1, 0.15) is 0 Å². The van der Waals surface area contributed by atoms with E-state index in [9.17, 15) is 0 Å². The van der Waals surface area contributed by atoms with E-state index in [-0.39, 0.29) is 0 Å². The summed E-state index contributed by atoms with van der Waals surface area (Å²) >= 11 is 11.5. The maximum Gasteiger partial charge on any atom is 0.0717 e. The number of benzene rings is 1. The molecule has 2 aromatic rings. The molecule has 0 fully saturated rings. The fourth-order valence-electron chi connectivity index (χ4n) is 1.07. The van der Waals surface area contributed by atoms with Crippen LogP contribution < -0.4 is 0 Å². The SMILES string of the molecule is Clc1cnc2cc(Cl)ccc2c1. The van der Waals surface area contributed by atoms with Gasteiger partial charge < -0.3 is 0 Å². The zero-order chi connectivity index (χ0) is 8.55. The van der Waals surface area contributed by atoms with Crippen molar-refractivity contribution in [2.45, 2.75) is 0 Å². The Balaban J connectivity index is 2.79. The molecule has 12 heavy (non-hydrogen) atoms. The van der Waals surface area contributed by atoms with Crippen molar-refractivity contribution in [3.8, 4) is 0 Å². The van der Waals surface area contributed by atoms with E-state index in [0.717, 1.165) is 10.9 Å². The van der Waals surface area contributed by atoms with Crippen LogP contribution in [0.3, 0.4) is 0 Å². The maximum atomic E-state index is 5.79. The van der Waals surface area contributed by atoms with Gasteiger partial charge in [0, 0.05) is 16.6 Å². The molecule has 1 aromatic carbocycles. The van der Waals surface area contributed by atoms with Gasteiger partial charge in [-0.1, -0.05) is 29.3 Å². The number of rotatable bonds is 0. The summed E-state index contributed by atoms with van der Waals surface area (Å²) in [6, 6.07) is 7.39. The van der Waals surface area contributed by atoms with E-state index in [2.05, 4.69) is 4.98 Å². The van der Waals surface area contributed by atoms with E-state index >= 15 is 0 Å². The fourth-order valence-corrected chi connectivity index (χ4v) is 1.40. The first-order valence-corrected chi connectivity index (χ1v) is 4.22. The Morgan fingerprint density at radius 1 is 1.00 bits per heavy atom. The zero-order valence-electron chi connectivity index (χ0n) is 6.09. The minimum absolute atomic E-state index is 0.643. The Hall–Kier alpha value is -0.790. The molecule has 0 amide bonds. The van der Waals surface area contributed by atoms with Crippen molar-refractivity contribution in [1.82, 2.24) is 4.98 Å². The lowest BCUT2D eigenvalue weighted by atomic mass is 10.2. The van der Waals surface area contributed by atoms with Gasteiger partial charge in [0.15, 0.2) is 0 Å². The first-order chi connectivity index (χ1) is 5.75. The first-order valence-electron chi connectivity index (χ1n) is 3.46. The molecule has 0 bridgehead atoms. The third-order valence-corrected chi connectivity index (χ3v) is 2.05. The molecule has 0 aliphatic heterocycles. The summed E-state index contributed by atoms with van der Waals surface area (Å²) in [5.41, 5.74) is 0.868. The van der Waals surface area contributed by atoms with Crippen molar-refractivity contribution in [3.63, 3.8) is 0 Å². The largest absolute Gasteiger partial charge is 0.255 e. The predicted octanol–water partition coefficient (Wildman–Crippen LogP) is 3.54. The Bertz CT molecular complexity index is 385. The minimum atomic E-state index is 0.643. The number of aromatic nitrogens is 1. The number of pyridine rings is 1. The molecule has 0 saturated carbocycles. The van der Waals surface area contributed by atoms with E-state index < -0.39 is 0 Å². The molecule has 1 heterocycles. The first kappa shape index (κ1) is 7.84. The summed E-state index contributed by atoms with van der Waals surface area (Å²) in [6.07, 6.45) is 1.61. The second-order valence-corrected chi connectivity index (χ2v) is 3.36. The summed E-state index contributed by atoms with van der Waals surface area (Å²) in [7, 11) is 0. The molecule has 1 aromatic heterocycles. The van der Waals surface area contributed by atoms with Crippen molar-refractivity contribution in [2.75, 3.05) is 0 Å². The fraction of sp³-hybridized carbons (Fsp3) is 0. The van der Waals surface area contributed by atoms with Crippen LogP contribution in [0.4, 0.5) is 0 Å². The van der Waals surface area contributed by atoms with Crippen LogP contribution in [0.1, 0.15) is 0 Å². The summed E-state index contributed by atoms with van der Waals surface area (Å²) in [5.74, 6) is 0. The highest BCUT2D eigenvalue weighted by atomic mass is 35.5. The molecule has 0 saturated heterocycles.